The van der Waals surface area contributed by atoms with Crippen molar-refractivity contribution in [3.05, 3.63) is 52.5 Å². The molecule has 0 unspecified atom stereocenters. The molecule has 31 heavy (non-hydrogen) atoms. The Kier molecular flexibility index (Phi) is 6.61. The highest BCUT2D eigenvalue weighted by atomic mass is 16.2. The predicted octanol–water partition coefficient (Wildman–Crippen LogP) is 1.69. The summed E-state index contributed by atoms with van der Waals surface area (Å²) in [4.78, 5) is 36.9. The Balaban J connectivity index is 1.29. The van der Waals surface area contributed by atoms with Crippen LogP contribution >= 0.6 is 0 Å². The summed E-state index contributed by atoms with van der Waals surface area (Å²) in [6.45, 7) is 3.60. The van der Waals surface area contributed by atoms with Crippen molar-refractivity contribution >= 4 is 22.6 Å². The van der Waals surface area contributed by atoms with Gasteiger partial charge in [0.25, 0.3) is 5.56 Å². The fourth-order valence-corrected chi connectivity index (χ4v) is 3.58. The average Bonchev–Trinajstić information content (AvgIpc) is 3.20. The van der Waals surface area contributed by atoms with Gasteiger partial charge in [-0.3, -0.25) is 19.1 Å². The van der Waals surface area contributed by atoms with Gasteiger partial charge < -0.3 is 20.9 Å². The van der Waals surface area contributed by atoms with E-state index >= 15 is 0 Å². The average molecular weight is 424 g/mol. The highest BCUT2D eigenvalue weighted by molar-refractivity contribution is 5.79. The van der Waals surface area contributed by atoms with Crippen LogP contribution in [0.4, 0.5) is 5.82 Å². The summed E-state index contributed by atoms with van der Waals surface area (Å²) >= 11 is 0. The van der Waals surface area contributed by atoms with Gasteiger partial charge in [0, 0.05) is 36.1 Å². The molecule has 0 bridgehead atoms. The molecule has 0 saturated heterocycles. The van der Waals surface area contributed by atoms with Crippen molar-refractivity contribution < 1.29 is 4.79 Å². The number of nitrogens with one attached hydrogen (secondary N) is 4. The van der Waals surface area contributed by atoms with Crippen LogP contribution in [0.25, 0.3) is 10.9 Å². The minimum Gasteiger partial charge on any atom is -0.365 e. The number of rotatable bonds is 10. The van der Waals surface area contributed by atoms with E-state index in [-0.39, 0.29) is 23.8 Å². The number of H-pyrrole nitrogens is 1. The molecule has 164 valence electrons. The van der Waals surface area contributed by atoms with E-state index in [0.717, 1.165) is 29.6 Å². The third-order valence-corrected chi connectivity index (χ3v) is 5.70. The first kappa shape index (κ1) is 21.0. The van der Waals surface area contributed by atoms with Crippen LogP contribution < -0.4 is 21.5 Å². The first-order chi connectivity index (χ1) is 15.1. The van der Waals surface area contributed by atoms with Crippen LogP contribution in [0.2, 0.25) is 0 Å². The van der Waals surface area contributed by atoms with E-state index < -0.39 is 0 Å². The van der Waals surface area contributed by atoms with Crippen LogP contribution in [0.15, 0.2) is 35.5 Å². The molecule has 0 aliphatic heterocycles. The van der Waals surface area contributed by atoms with Gasteiger partial charge in [0.05, 0.1) is 24.0 Å². The number of carbonyl (C=O) groups excluding carboxylic acids is 1. The number of aromatic nitrogens is 4. The third-order valence-electron chi connectivity index (χ3n) is 5.70. The first-order valence-electron chi connectivity index (χ1n) is 10.8. The van der Waals surface area contributed by atoms with E-state index in [1.54, 1.807) is 19.3 Å². The van der Waals surface area contributed by atoms with Gasteiger partial charge in [-0.15, -0.1) is 0 Å². The molecule has 3 aromatic heterocycles. The van der Waals surface area contributed by atoms with E-state index in [4.69, 9.17) is 0 Å². The normalized spacial score (nSPS) is 13.8. The molecular formula is C22H29N7O2. The van der Waals surface area contributed by atoms with Gasteiger partial charge >= 0.3 is 0 Å². The zero-order valence-electron chi connectivity index (χ0n) is 17.8. The molecule has 0 atom stereocenters. The summed E-state index contributed by atoms with van der Waals surface area (Å²) in [5.41, 5.74) is 2.07. The maximum atomic E-state index is 12.8. The topological polar surface area (TPSA) is 117 Å². The highest BCUT2D eigenvalue weighted by Crippen LogP contribution is 2.17. The van der Waals surface area contributed by atoms with Crippen molar-refractivity contribution in [2.45, 2.75) is 51.7 Å². The van der Waals surface area contributed by atoms with E-state index in [2.05, 4.69) is 30.9 Å². The second-order valence-electron chi connectivity index (χ2n) is 8.02. The Morgan fingerprint density at radius 3 is 2.94 bits per heavy atom. The highest BCUT2D eigenvalue weighted by Gasteiger charge is 2.16. The zero-order valence-corrected chi connectivity index (χ0v) is 17.8. The summed E-state index contributed by atoms with van der Waals surface area (Å²) < 4.78 is 1.44. The van der Waals surface area contributed by atoms with Gasteiger partial charge in [-0.05, 0) is 44.9 Å². The van der Waals surface area contributed by atoms with Gasteiger partial charge in [0.1, 0.15) is 6.54 Å². The molecule has 0 aromatic carbocycles. The number of hydrogen-bond acceptors (Lipinski definition) is 6. The Bertz CT molecular complexity index is 1100. The number of fused-ring (bicyclic) bond motifs is 1. The Morgan fingerprint density at radius 1 is 1.26 bits per heavy atom. The Labute approximate surface area is 180 Å². The van der Waals surface area contributed by atoms with Crippen molar-refractivity contribution in [2.75, 3.05) is 18.4 Å². The molecule has 0 radical (unpaired) electrons. The van der Waals surface area contributed by atoms with Gasteiger partial charge in [0.2, 0.25) is 5.91 Å². The van der Waals surface area contributed by atoms with Gasteiger partial charge in [-0.25, -0.2) is 4.98 Å². The van der Waals surface area contributed by atoms with Crippen molar-refractivity contribution in [1.82, 2.24) is 30.2 Å². The monoisotopic (exact) mass is 423 g/mol. The van der Waals surface area contributed by atoms with Crippen molar-refractivity contribution in [2.24, 2.45) is 0 Å². The van der Waals surface area contributed by atoms with Crippen LogP contribution in [0.5, 0.6) is 0 Å². The molecule has 4 N–H and O–H groups in total. The molecule has 0 spiro atoms. The van der Waals surface area contributed by atoms with Gasteiger partial charge in [-0.1, -0.05) is 6.42 Å². The molecule has 1 amide bonds. The summed E-state index contributed by atoms with van der Waals surface area (Å²) in [7, 11) is 0. The number of carbonyl (C=O) groups is 1. The van der Waals surface area contributed by atoms with Gasteiger partial charge in [0.15, 0.2) is 5.82 Å². The summed E-state index contributed by atoms with van der Waals surface area (Å²) in [6.07, 6.45) is 9.95. The molecule has 1 saturated carbocycles. The fourth-order valence-electron chi connectivity index (χ4n) is 3.58. The first-order valence-corrected chi connectivity index (χ1v) is 10.8. The predicted molar refractivity (Wildman–Crippen MR) is 120 cm³/mol. The number of nitrogens with zero attached hydrogens (tertiary/aromatic N) is 3. The lowest BCUT2D eigenvalue weighted by atomic mass is 9.93. The molecule has 4 rings (SSSR count). The van der Waals surface area contributed by atoms with Crippen LogP contribution in [-0.4, -0.2) is 44.6 Å². The second kappa shape index (κ2) is 9.74. The Morgan fingerprint density at radius 2 is 2.13 bits per heavy atom. The minimum absolute atomic E-state index is 0.0580. The van der Waals surface area contributed by atoms with Crippen LogP contribution in [0, 0.1) is 6.92 Å². The largest absolute Gasteiger partial charge is 0.365 e. The summed E-state index contributed by atoms with van der Waals surface area (Å²) in [6, 6.07) is 4.55. The molecule has 1 aliphatic rings. The SMILES string of the molecule is Cc1cnc(NCCCNC2CCC2)c(=O)n1CC(=O)NCc1cc2cc[nH]c2cn1. The molecule has 1 aliphatic carbocycles. The zero-order chi connectivity index (χ0) is 21.6. The standard InChI is InChI=1S/C22H29N7O2/c1-15-11-28-21(25-8-3-7-23-17-4-2-5-17)22(31)29(15)14-20(30)27-12-18-10-16-6-9-24-19(16)13-26-18/h6,9-11,13,17,23-24H,2-5,7-8,12,14H2,1H3,(H,25,28)(H,27,30). The number of hydrogen-bond donors (Lipinski definition) is 4. The molecule has 9 heteroatoms. The molecule has 1 fully saturated rings. The molecule has 9 nitrogen and oxygen atoms in total. The van der Waals surface area contributed by atoms with Crippen LogP contribution in [0.1, 0.15) is 37.1 Å². The van der Waals surface area contributed by atoms with E-state index in [1.807, 2.05) is 18.3 Å². The van der Waals surface area contributed by atoms with E-state index in [9.17, 15) is 9.59 Å². The van der Waals surface area contributed by atoms with Crippen molar-refractivity contribution in [1.29, 1.82) is 0 Å². The summed E-state index contributed by atoms with van der Waals surface area (Å²) in [5, 5.41) is 10.5. The smallest absolute Gasteiger partial charge is 0.293 e. The summed E-state index contributed by atoms with van der Waals surface area (Å²) in [5.74, 6) is 0.0321. The van der Waals surface area contributed by atoms with Crippen molar-refractivity contribution in [3.63, 3.8) is 0 Å². The third kappa shape index (κ3) is 5.29. The quantitative estimate of drug-likeness (QED) is 0.369. The second-order valence-corrected chi connectivity index (χ2v) is 8.02. The maximum absolute atomic E-state index is 12.8. The van der Waals surface area contributed by atoms with Gasteiger partial charge in [-0.2, -0.15) is 0 Å². The minimum atomic E-state index is -0.283. The lowest BCUT2D eigenvalue weighted by Gasteiger charge is -2.26. The maximum Gasteiger partial charge on any atom is 0.293 e. The number of pyridine rings is 1. The molecular weight excluding hydrogens is 394 g/mol. The van der Waals surface area contributed by atoms with Crippen LogP contribution in [-0.2, 0) is 17.9 Å². The fraction of sp³-hybridized carbons (Fsp3) is 0.455. The van der Waals surface area contributed by atoms with E-state index in [1.165, 1.54) is 23.8 Å². The van der Waals surface area contributed by atoms with Crippen molar-refractivity contribution in [3.8, 4) is 0 Å². The Hall–Kier alpha value is -3.20. The number of anilines is 1. The number of aromatic amines is 1. The number of amides is 1. The lowest BCUT2D eigenvalue weighted by Crippen LogP contribution is -2.36. The molecule has 3 heterocycles. The lowest BCUT2D eigenvalue weighted by molar-refractivity contribution is -0.121. The number of aryl methyl sites for hydroxylation is 1. The van der Waals surface area contributed by atoms with Crippen LogP contribution in [0.3, 0.4) is 0 Å². The molecule has 3 aromatic rings. The van der Waals surface area contributed by atoms with E-state index in [0.29, 0.717) is 24.8 Å².